The molecule has 1 aliphatic heterocycles. The molecular formula is C12H14FNOS. The minimum Gasteiger partial charge on any atom is -0.382 e. The first-order valence-corrected chi connectivity index (χ1v) is 6.09. The quantitative estimate of drug-likeness (QED) is 0.809. The summed E-state index contributed by atoms with van der Waals surface area (Å²) in [5, 5.41) is 0.902. The van der Waals surface area contributed by atoms with Crippen molar-refractivity contribution in [1.29, 1.82) is 0 Å². The zero-order chi connectivity index (χ0) is 11.6. The van der Waals surface area contributed by atoms with Crippen LogP contribution in [0, 0.1) is 5.82 Å². The molecule has 4 heteroatoms. The smallest absolute Gasteiger partial charge is 0.123 e. The highest BCUT2D eigenvalue weighted by Crippen LogP contribution is 2.31. The Balaban J connectivity index is 2.24. The fourth-order valence-corrected chi connectivity index (χ4v) is 2.86. The van der Waals surface area contributed by atoms with Crippen LogP contribution in [0.15, 0.2) is 29.3 Å². The van der Waals surface area contributed by atoms with E-state index in [1.54, 1.807) is 24.9 Å². The largest absolute Gasteiger partial charge is 0.382 e. The predicted molar refractivity (Wildman–Crippen MR) is 65.7 cm³/mol. The SMILES string of the molecule is COCC1(C)CSC(c2cccc(F)c2)=N1. The maximum Gasteiger partial charge on any atom is 0.123 e. The Hall–Kier alpha value is -0.870. The molecule has 2 nitrogen and oxygen atoms in total. The second kappa shape index (κ2) is 4.55. The fourth-order valence-electron chi connectivity index (χ4n) is 1.69. The third kappa shape index (κ3) is 2.44. The van der Waals surface area contributed by atoms with Gasteiger partial charge >= 0.3 is 0 Å². The lowest BCUT2D eigenvalue weighted by Crippen LogP contribution is -2.28. The minimum atomic E-state index is -0.221. The van der Waals surface area contributed by atoms with Crippen molar-refractivity contribution in [3.8, 4) is 0 Å². The lowest BCUT2D eigenvalue weighted by molar-refractivity contribution is 0.153. The van der Waals surface area contributed by atoms with Crippen LogP contribution in [0.5, 0.6) is 0 Å². The highest BCUT2D eigenvalue weighted by molar-refractivity contribution is 8.14. The van der Waals surface area contributed by atoms with E-state index in [0.717, 1.165) is 16.4 Å². The first kappa shape index (κ1) is 11.6. The summed E-state index contributed by atoms with van der Waals surface area (Å²) in [6.45, 7) is 2.65. The van der Waals surface area contributed by atoms with Crippen LogP contribution in [0.3, 0.4) is 0 Å². The third-order valence-corrected chi connectivity index (χ3v) is 3.78. The van der Waals surface area contributed by atoms with Gasteiger partial charge in [-0.2, -0.15) is 0 Å². The van der Waals surface area contributed by atoms with Crippen LogP contribution in [0.2, 0.25) is 0 Å². The highest BCUT2D eigenvalue weighted by atomic mass is 32.2. The van der Waals surface area contributed by atoms with Crippen LogP contribution in [-0.4, -0.2) is 30.1 Å². The second-order valence-corrected chi connectivity index (χ2v) is 5.11. The average Bonchev–Trinajstić information content (AvgIpc) is 2.61. The van der Waals surface area contributed by atoms with Gasteiger partial charge in [0, 0.05) is 18.4 Å². The van der Waals surface area contributed by atoms with Gasteiger partial charge in [-0.3, -0.25) is 4.99 Å². The number of rotatable bonds is 3. The molecule has 0 aromatic heterocycles. The molecule has 0 bridgehead atoms. The van der Waals surface area contributed by atoms with Gasteiger partial charge in [0.1, 0.15) is 5.82 Å². The summed E-state index contributed by atoms with van der Waals surface area (Å²) in [5.41, 5.74) is 0.672. The highest BCUT2D eigenvalue weighted by Gasteiger charge is 2.31. The van der Waals surface area contributed by atoms with E-state index >= 15 is 0 Å². The van der Waals surface area contributed by atoms with Crippen LogP contribution < -0.4 is 0 Å². The Morgan fingerprint density at radius 1 is 1.56 bits per heavy atom. The van der Waals surface area contributed by atoms with Gasteiger partial charge in [-0.15, -0.1) is 11.8 Å². The van der Waals surface area contributed by atoms with E-state index in [1.807, 2.05) is 6.07 Å². The van der Waals surface area contributed by atoms with Crippen molar-refractivity contribution < 1.29 is 9.13 Å². The Bertz CT molecular complexity index is 421. The zero-order valence-electron chi connectivity index (χ0n) is 9.37. The summed E-state index contributed by atoms with van der Waals surface area (Å²) < 4.78 is 18.2. The molecule has 0 fully saturated rings. The van der Waals surface area contributed by atoms with E-state index in [0.29, 0.717) is 6.61 Å². The molecule has 0 radical (unpaired) electrons. The molecule has 0 spiro atoms. The van der Waals surface area contributed by atoms with Crippen molar-refractivity contribution in [2.45, 2.75) is 12.5 Å². The first-order chi connectivity index (χ1) is 7.63. The van der Waals surface area contributed by atoms with Gasteiger partial charge in [0.05, 0.1) is 17.2 Å². The number of ether oxygens (including phenoxy) is 1. The predicted octanol–water partition coefficient (Wildman–Crippen LogP) is 2.72. The summed E-state index contributed by atoms with van der Waals surface area (Å²) >= 11 is 1.65. The maximum absolute atomic E-state index is 13.1. The minimum absolute atomic E-state index is 0.179. The molecule has 1 aromatic rings. The van der Waals surface area contributed by atoms with Crippen LogP contribution in [0.4, 0.5) is 4.39 Å². The van der Waals surface area contributed by atoms with E-state index in [1.165, 1.54) is 12.1 Å². The molecule has 0 saturated carbocycles. The van der Waals surface area contributed by atoms with E-state index in [9.17, 15) is 4.39 Å². The van der Waals surface area contributed by atoms with E-state index in [-0.39, 0.29) is 11.4 Å². The van der Waals surface area contributed by atoms with Gasteiger partial charge in [0.15, 0.2) is 0 Å². The topological polar surface area (TPSA) is 21.6 Å². The molecule has 0 amide bonds. The van der Waals surface area contributed by atoms with Crippen LogP contribution in [0.25, 0.3) is 0 Å². The number of thioether (sulfide) groups is 1. The molecule has 0 saturated heterocycles. The summed E-state index contributed by atoms with van der Waals surface area (Å²) in [4.78, 5) is 4.61. The Morgan fingerprint density at radius 2 is 2.38 bits per heavy atom. The van der Waals surface area contributed by atoms with Gasteiger partial charge in [0.2, 0.25) is 0 Å². The second-order valence-electron chi connectivity index (χ2n) is 4.15. The number of methoxy groups -OCH3 is 1. The molecule has 1 heterocycles. The molecule has 1 atom stereocenters. The maximum atomic E-state index is 13.1. The molecule has 0 aliphatic carbocycles. The van der Waals surface area contributed by atoms with Gasteiger partial charge in [-0.1, -0.05) is 12.1 Å². The molecule has 1 aromatic carbocycles. The van der Waals surface area contributed by atoms with Crippen molar-refractivity contribution in [2.24, 2.45) is 4.99 Å². The number of nitrogens with zero attached hydrogens (tertiary/aromatic N) is 1. The molecule has 0 N–H and O–H groups in total. The van der Waals surface area contributed by atoms with E-state index in [4.69, 9.17) is 4.74 Å². The van der Waals surface area contributed by atoms with Crippen molar-refractivity contribution in [2.75, 3.05) is 19.5 Å². The van der Waals surface area contributed by atoms with Gasteiger partial charge in [-0.25, -0.2) is 4.39 Å². The van der Waals surface area contributed by atoms with Gasteiger partial charge < -0.3 is 4.74 Å². The monoisotopic (exact) mass is 239 g/mol. The van der Waals surface area contributed by atoms with Crippen molar-refractivity contribution >= 4 is 16.8 Å². The van der Waals surface area contributed by atoms with Crippen molar-refractivity contribution in [1.82, 2.24) is 0 Å². The lowest BCUT2D eigenvalue weighted by Gasteiger charge is -2.17. The average molecular weight is 239 g/mol. The third-order valence-electron chi connectivity index (χ3n) is 2.42. The zero-order valence-corrected chi connectivity index (χ0v) is 10.2. The molecule has 1 aliphatic rings. The Kier molecular flexibility index (Phi) is 3.30. The summed E-state index contributed by atoms with van der Waals surface area (Å²) in [6.07, 6.45) is 0. The number of halogens is 1. The summed E-state index contributed by atoms with van der Waals surface area (Å²) in [7, 11) is 1.67. The van der Waals surface area contributed by atoms with Crippen LogP contribution >= 0.6 is 11.8 Å². The van der Waals surface area contributed by atoms with Gasteiger partial charge in [0.25, 0.3) is 0 Å². The van der Waals surface area contributed by atoms with E-state index in [2.05, 4.69) is 11.9 Å². The van der Waals surface area contributed by atoms with Gasteiger partial charge in [-0.05, 0) is 19.1 Å². The fraction of sp³-hybridized carbons (Fsp3) is 0.417. The van der Waals surface area contributed by atoms with Crippen LogP contribution in [-0.2, 0) is 4.74 Å². The normalized spacial score (nSPS) is 24.6. The standard InChI is InChI=1S/C12H14FNOS/c1-12(7-15-2)8-16-11(14-12)9-4-3-5-10(13)6-9/h3-6H,7-8H2,1-2H3. The van der Waals surface area contributed by atoms with Crippen molar-refractivity contribution in [3.63, 3.8) is 0 Å². The number of hydrogen-bond donors (Lipinski definition) is 0. The number of aliphatic imine (C=N–C) groups is 1. The lowest BCUT2D eigenvalue weighted by atomic mass is 10.1. The first-order valence-electron chi connectivity index (χ1n) is 5.10. The molecule has 1 unspecified atom stereocenters. The Labute approximate surface area is 98.9 Å². The summed E-state index contributed by atoms with van der Waals surface area (Å²) in [5.74, 6) is 0.660. The Morgan fingerprint density at radius 3 is 3.06 bits per heavy atom. The van der Waals surface area contributed by atoms with E-state index < -0.39 is 0 Å². The number of benzene rings is 1. The molecular weight excluding hydrogens is 225 g/mol. The number of hydrogen-bond acceptors (Lipinski definition) is 3. The van der Waals surface area contributed by atoms with Crippen LogP contribution in [0.1, 0.15) is 12.5 Å². The summed E-state index contributed by atoms with van der Waals surface area (Å²) in [6, 6.07) is 6.55. The van der Waals surface area contributed by atoms with Crippen molar-refractivity contribution in [3.05, 3.63) is 35.6 Å². The molecule has 16 heavy (non-hydrogen) atoms. The molecule has 2 rings (SSSR count). The molecule has 86 valence electrons.